The highest BCUT2D eigenvalue weighted by molar-refractivity contribution is 7.80. The number of hydrogen-bond acceptors (Lipinski definition) is 3. The first-order valence-corrected chi connectivity index (χ1v) is 5.77. The number of nitrogens with two attached hydrogens (primary N) is 1. The predicted octanol–water partition coefficient (Wildman–Crippen LogP) is 2.15. The maximum absolute atomic E-state index is 13.6. The number of halogens is 1. The number of methoxy groups -OCH3 is 1. The van der Waals surface area contributed by atoms with E-state index in [1.807, 2.05) is 6.92 Å². The first-order valence-electron chi connectivity index (χ1n) is 5.36. The highest BCUT2D eigenvalue weighted by Crippen LogP contribution is 2.16. The predicted molar refractivity (Wildman–Crippen MR) is 71.8 cm³/mol. The van der Waals surface area contributed by atoms with Crippen LogP contribution >= 0.6 is 12.2 Å². The molecule has 0 aliphatic heterocycles. The van der Waals surface area contributed by atoms with Gasteiger partial charge in [0.15, 0.2) is 0 Å². The fraction of sp³-hybridized carbons (Fsp3) is 0.417. The van der Waals surface area contributed by atoms with Gasteiger partial charge in [0.2, 0.25) is 0 Å². The standard InChI is InChI=1S/C12H17FN2OS/c1-8(7-16-2)6-15-11-4-3-9(12(14)17)5-10(11)13/h3-5,8,15H,6-7H2,1-2H3,(H2,14,17). The van der Waals surface area contributed by atoms with Crippen LogP contribution in [0.2, 0.25) is 0 Å². The van der Waals surface area contributed by atoms with Crippen molar-refractivity contribution in [2.45, 2.75) is 6.92 Å². The van der Waals surface area contributed by atoms with Gasteiger partial charge in [-0.3, -0.25) is 0 Å². The second-order valence-electron chi connectivity index (χ2n) is 4.00. The highest BCUT2D eigenvalue weighted by Gasteiger charge is 2.06. The summed E-state index contributed by atoms with van der Waals surface area (Å²) in [6.45, 7) is 3.31. The van der Waals surface area contributed by atoms with Crippen LogP contribution in [0.15, 0.2) is 18.2 Å². The summed E-state index contributed by atoms with van der Waals surface area (Å²) in [4.78, 5) is 0.197. The van der Waals surface area contributed by atoms with Crippen molar-refractivity contribution in [2.75, 3.05) is 25.6 Å². The third kappa shape index (κ3) is 4.28. The molecule has 0 saturated heterocycles. The Morgan fingerprint density at radius 3 is 2.82 bits per heavy atom. The number of ether oxygens (including phenoxy) is 1. The van der Waals surface area contributed by atoms with E-state index in [1.54, 1.807) is 19.2 Å². The highest BCUT2D eigenvalue weighted by atomic mass is 32.1. The van der Waals surface area contributed by atoms with Crippen LogP contribution in [0.25, 0.3) is 0 Å². The van der Waals surface area contributed by atoms with E-state index in [9.17, 15) is 4.39 Å². The van der Waals surface area contributed by atoms with E-state index in [0.717, 1.165) is 0 Å². The lowest BCUT2D eigenvalue weighted by atomic mass is 10.1. The van der Waals surface area contributed by atoms with Crippen LogP contribution in [-0.4, -0.2) is 25.2 Å². The topological polar surface area (TPSA) is 47.3 Å². The molecule has 0 saturated carbocycles. The van der Waals surface area contributed by atoms with E-state index in [2.05, 4.69) is 5.32 Å². The maximum atomic E-state index is 13.6. The van der Waals surface area contributed by atoms with Gasteiger partial charge in [0, 0.05) is 19.2 Å². The van der Waals surface area contributed by atoms with E-state index < -0.39 is 0 Å². The molecule has 0 spiro atoms. The van der Waals surface area contributed by atoms with Gasteiger partial charge >= 0.3 is 0 Å². The Kier molecular flexibility index (Phi) is 5.31. The van der Waals surface area contributed by atoms with Crippen molar-refractivity contribution in [1.29, 1.82) is 0 Å². The molecule has 0 bridgehead atoms. The molecule has 1 aromatic carbocycles. The van der Waals surface area contributed by atoms with Crippen molar-refractivity contribution in [3.8, 4) is 0 Å². The Balaban J connectivity index is 2.63. The average Bonchev–Trinajstić information content (AvgIpc) is 2.27. The summed E-state index contributed by atoms with van der Waals surface area (Å²) in [5, 5.41) is 3.02. The van der Waals surface area contributed by atoms with Crippen molar-refractivity contribution in [3.05, 3.63) is 29.6 Å². The van der Waals surface area contributed by atoms with Gasteiger partial charge in [-0.05, 0) is 24.1 Å². The summed E-state index contributed by atoms with van der Waals surface area (Å²) in [6.07, 6.45) is 0. The molecule has 3 nitrogen and oxygen atoms in total. The van der Waals surface area contributed by atoms with Crippen molar-refractivity contribution in [2.24, 2.45) is 11.7 Å². The Labute approximate surface area is 106 Å². The fourth-order valence-corrected chi connectivity index (χ4v) is 1.57. The van der Waals surface area contributed by atoms with Crippen LogP contribution in [0.3, 0.4) is 0 Å². The Bertz CT molecular complexity index is 398. The zero-order valence-corrected chi connectivity index (χ0v) is 10.8. The molecule has 1 atom stereocenters. The molecular weight excluding hydrogens is 239 g/mol. The van der Waals surface area contributed by atoms with E-state index in [-0.39, 0.29) is 10.8 Å². The SMILES string of the molecule is COCC(C)CNc1ccc(C(N)=S)cc1F. The van der Waals surface area contributed by atoms with Crippen LogP contribution in [0.4, 0.5) is 10.1 Å². The number of benzene rings is 1. The lowest BCUT2D eigenvalue weighted by molar-refractivity contribution is 0.164. The van der Waals surface area contributed by atoms with E-state index in [4.69, 9.17) is 22.7 Å². The molecule has 0 fully saturated rings. The van der Waals surface area contributed by atoms with Crippen molar-refractivity contribution >= 4 is 22.9 Å². The summed E-state index contributed by atoms with van der Waals surface area (Å²) in [5.41, 5.74) is 6.41. The molecule has 1 unspecified atom stereocenters. The molecule has 0 radical (unpaired) electrons. The molecule has 0 aromatic heterocycles. The molecule has 1 aromatic rings. The Hall–Kier alpha value is -1.20. The van der Waals surface area contributed by atoms with Gasteiger partial charge in [-0.1, -0.05) is 19.1 Å². The summed E-state index contributed by atoms with van der Waals surface area (Å²) < 4.78 is 18.6. The van der Waals surface area contributed by atoms with E-state index >= 15 is 0 Å². The molecule has 17 heavy (non-hydrogen) atoms. The lowest BCUT2D eigenvalue weighted by Gasteiger charge is -2.13. The minimum absolute atomic E-state index is 0.197. The molecule has 0 aliphatic rings. The molecule has 0 amide bonds. The normalized spacial score (nSPS) is 12.2. The minimum atomic E-state index is -0.347. The summed E-state index contributed by atoms with van der Waals surface area (Å²) in [6, 6.07) is 4.68. The van der Waals surface area contributed by atoms with Crippen LogP contribution in [-0.2, 0) is 4.74 Å². The van der Waals surface area contributed by atoms with E-state index in [1.165, 1.54) is 6.07 Å². The zero-order chi connectivity index (χ0) is 12.8. The second-order valence-corrected chi connectivity index (χ2v) is 4.44. The molecule has 0 heterocycles. The van der Waals surface area contributed by atoms with Gasteiger partial charge in [-0.25, -0.2) is 4.39 Å². The van der Waals surface area contributed by atoms with E-state index in [0.29, 0.717) is 30.3 Å². The quantitative estimate of drug-likeness (QED) is 0.766. The van der Waals surface area contributed by atoms with Crippen LogP contribution in [0.5, 0.6) is 0 Å². The largest absolute Gasteiger partial charge is 0.389 e. The first kappa shape index (κ1) is 13.9. The van der Waals surface area contributed by atoms with Gasteiger partial charge in [-0.15, -0.1) is 0 Å². The third-order valence-corrected chi connectivity index (χ3v) is 2.58. The number of anilines is 1. The molecule has 5 heteroatoms. The van der Waals surface area contributed by atoms with Crippen LogP contribution in [0, 0.1) is 11.7 Å². The van der Waals surface area contributed by atoms with Gasteiger partial charge in [0.25, 0.3) is 0 Å². The van der Waals surface area contributed by atoms with Gasteiger partial charge in [0.05, 0.1) is 12.3 Å². The van der Waals surface area contributed by atoms with Crippen LogP contribution < -0.4 is 11.1 Å². The first-order chi connectivity index (χ1) is 8.04. The van der Waals surface area contributed by atoms with Crippen LogP contribution in [0.1, 0.15) is 12.5 Å². The molecular formula is C12H17FN2OS. The number of nitrogens with one attached hydrogen (secondary N) is 1. The second kappa shape index (κ2) is 6.51. The van der Waals surface area contributed by atoms with Crippen molar-refractivity contribution < 1.29 is 9.13 Å². The lowest BCUT2D eigenvalue weighted by Crippen LogP contribution is -2.17. The third-order valence-electron chi connectivity index (χ3n) is 2.35. The summed E-state index contributed by atoms with van der Waals surface area (Å²) >= 11 is 4.78. The number of hydrogen-bond donors (Lipinski definition) is 2. The molecule has 3 N–H and O–H groups in total. The minimum Gasteiger partial charge on any atom is -0.389 e. The van der Waals surface area contributed by atoms with Gasteiger partial charge < -0.3 is 15.8 Å². The van der Waals surface area contributed by atoms with Crippen molar-refractivity contribution in [3.63, 3.8) is 0 Å². The van der Waals surface area contributed by atoms with Gasteiger partial charge in [-0.2, -0.15) is 0 Å². The molecule has 94 valence electrons. The smallest absolute Gasteiger partial charge is 0.146 e. The zero-order valence-electron chi connectivity index (χ0n) is 10.00. The Morgan fingerprint density at radius 2 is 2.29 bits per heavy atom. The summed E-state index contributed by atoms with van der Waals surface area (Å²) in [7, 11) is 1.65. The molecule has 1 rings (SSSR count). The summed E-state index contributed by atoms with van der Waals surface area (Å²) in [5.74, 6) is -0.0328. The van der Waals surface area contributed by atoms with Crippen molar-refractivity contribution in [1.82, 2.24) is 0 Å². The van der Waals surface area contributed by atoms with Gasteiger partial charge in [0.1, 0.15) is 10.8 Å². The number of rotatable bonds is 6. The Morgan fingerprint density at radius 1 is 1.59 bits per heavy atom. The average molecular weight is 256 g/mol. The monoisotopic (exact) mass is 256 g/mol. The fourth-order valence-electron chi connectivity index (χ4n) is 1.44. The maximum Gasteiger partial charge on any atom is 0.146 e. The molecule has 0 aliphatic carbocycles. The number of thiocarbonyl (C=S) groups is 1.